The second-order valence-corrected chi connectivity index (χ2v) is 8.97. The highest BCUT2D eigenvalue weighted by Gasteiger charge is 2.48. The maximum Gasteiger partial charge on any atom is 0.115 e. The van der Waals surface area contributed by atoms with Gasteiger partial charge in [0.15, 0.2) is 0 Å². The molecule has 1 aromatic carbocycles. The lowest BCUT2D eigenvalue weighted by molar-refractivity contribution is -0.0198. The van der Waals surface area contributed by atoms with Crippen molar-refractivity contribution in [2.24, 2.45) is 11.8 Å². The van der Waals surface area contributed by atoms with Crippen molar-refractivity contribution in [2.45, 2.75) is 57.0 Å². The van der Waals surface area contributed by atoms with E-state index in [2.05, 4.69) is 42.3 Å². The monoisotopic (exact) mass is 349 g/mol. The molecular formula is C24H31NO. The van der Waals surface area contributed by atoms with Gasteiger partial charge in [0.25, 0.3) is 0 Å². The highest BCUT2D eigenvalue weighted by atomic mass is 16.3. The first kappa shape index (κ1) is 16.8. The van der Waals surface area contributed by atoms with Crippen LogP contribution in [0.1, 0.15) is 62.5 Å². The molecule has 5 rings (SSSR count). The molecule has 1 aromatic rings. The van der Waals surface area contributed by atoms with Gasteiger partial charge in [-0.2, -0.15) is 0 Å². The molecule has 2 unspecified atom stereocenters. The molecule has 1 saturated heterocycles. The van der Waals surface area contributed by atoms with Gasteiger partial charge in [-0.25, -0.2) is 0 Å². The summed E-state index contributed by atoms with van der Waals surface area (Å²) in [6.45, 7) is 2.20. The number of benzene rings is 1. The fraction of sp³-hybridized carbons (Fsp3) is 0.583. The number of nitrogens with zero attached hydrogens (tertiary/aromatic N) is 1. The molecule has 1 N–H and O–H groups in total. The summed E-state index contributed by atoms with van der Waals surface area (Å²) in [5.41, 5.74) is 6.19. The predicted octanol–water partition coefficient (Wildman–Crippen LogP) is 4.89. The number of piperidine rings is 1. The highest BCUT2D eigenvalue weighted by molar-refractivity contribution is 5.68. The van der Waals surface area contributed by atoms with E-state index < -0.39 is 5.60 Å². The molecule has 0 aromatic heterocycles. The van der Waals surface area contributed by atoms with Gasteiger partial charge < -0.3 is 10.0 Å². The Morgan fingerprint density at radius 1 is 1.00 bits per heavy atom. The van der Waals surface area contributed by atoms with Crippen molar-refractivity contribution in [1.29, 1.82) is 0 Å². The van der Waals surface area contributed by atoms with Gasteiger partial charge in [0.2, 0.25) is 0 Å². The summed E-state index contributed by atoms with van der Waals surface area (Å²) >= 11 is 0. The van der Waals surface area contributed by atoms with Gasteiger partial charge in [-0.15, -0.1) is 0 Å². The number of hydrogen-bond acceptors (Lipinski definition) is 2. The quantitative estimate of drug-likeness (QED) is 0.780. The number of rotatable bonds is 1. The lowest BCUT2D eigenvalue weighted by Crippen LogP contribution is -2.45. The van der Waals surface area contributed by atoms with Gasteiger partial charge >= 0.3 is 0 Å². The molecule has 0 amide bonds. The van der Waals surface area contributed by atoms with Crippen molar-refractivity contribution in [3.05, 3.63) is 52.1 Å². The van der Waals surface area contributed by atoms with Crippen molar-refractivity contribution in [3.63, 3.8) is 0 Å². The van der Waals surface area contributed by atoms with E-state index in [4.69, 9.17) is 0 Å². The van der Waals surface area contributed by atoms with Crippen LogP contribution in [0.3, 0.4) is 0 Å². The van der Waals surface area contributed by atoms with Gasteiger partial charge in [0.05, 0.1) is 0 Å². The molecule has 2 heteroatoms. The van der Waals surface area contributed by atoms with Crippen LogP contribution < -0.4 is 0 Å². The normalized spacial score (nSPS) is 32.5. The van der Waals surface area contributed by atoms with E-state index in [0.717, 1.165) is 32.4 Å². The summed E-state index contributed by atoms with van der Waals surface area (Å²) in [6.07, 6.45) is 12.1. The average molecular weight is 350 g/mol. The van der Waals surface area contributed by atoms with Crippen LogP contribution in [0.15, 0.2) is 41.0 Å². The van der Waals surface area contributed by atoms with E-state index in [9.17, 15) is 5.11 Å². The van der Waals surface area contributed by atoms with Crippen LogP contribution in [-0.2, 0) is 5.60 Å². The van der Waals surface area contributed by atoms with Crippen LogP contribution in [-0.4, -0.2) is 30.1 Å². The minimum absolute atomic E-state index is 0.343. The second-order valence-electron chi connectivity index (χ2n) is 8.97. The third-order valence-electron chi connectivity index (χ3n) is 7.53. The zero-order valence-electron chi connectivity index (χ0n) is 16.0. The Balaban J connectivity index is 1.72. The van der Waals surface area contributed by atoms with Crippen LogP contribution in [0.25, 0.3) is 6.08 Å². The van der Waals surface area contributed by atoms with Crippen LogP contribution in [0.5, 0.6) is 0 Å². The molecule has 1 saturated carbocycles. The Kier molecular flexibility index (Phi) is 4.10. The first-order valence-corrected chi connectivity index (χ1v) is 10.6. The van der Waals surface area contributed by atoms with Crippen LogP contribution >= 0.6 is 0 Å². The molecule has 1 heterocycles. The zero-order valence-corrected chi connectivity index (χ0v) is 16.0. The van der Waals surface area contributed by atoms with E-state index >= 15 is 0 Å². The third kappa shape index (κ3) is 2.46. The SMILES string of the molecule is CN1CCC(C2(O)C3=C4C(=Cc5ccccc52)CCCC4CCC3)CC1. The smallest absolute Gasteiger partial charge is 0.115 e. The first-order valence-electron chi connectivity index (χ1n) is 10.6. The molecule has 1 aliphatic heterocycles. The first-order chi connectivity index (χ1) is 12.7. The number of allylic oxidation sites excluding steroid dienone is 2. The van der Waals surface area contributed by atoms with Crippen molar-refractivity contribution >= 4 is 6.08 Å². The molecule has 0 bridgehead atoms. The summed E-state index contributed by atoms with van der Waals surface area (Å²) < 4.78 is 0. The number of likely N-dealkylation sites (tertiary alicyclic amines) is 1. The van der Waals surface area contributed by atoms with E-state index in [1.54, 1.807) is 5.57 Å². The summed E-state index contributed by atoms with van der Waals surface area (Å²) in [7, 11) is 2.21. The summed E-state index contributed by atoms with van der Waals surface area (Å²) in [4.78, 5) is 2.41. The molecule has 4 aliphatic rings. The minimum atomic E-state index is -0.762. The van der Waals surface area contributed by atoms with Crippen LogP contribution in [0.4, 0.5) is 0 Å². The summed E-state index contributed by atoms with van der Waals surface area (Å²) in [5.74, 6) is 1.03. The topological polar surface area (TPSA) is 23.5 Å². The molecule has 26 heavy (non-hydrogen) atoms. The number of fused-ring (bicyclic) bond motifs is 1. The van der Waals surface area contributed by atoms with E-state index in [1.807, 2.05) is 0 Å². The van der Waals surface area contributed by atoms with Crippen LogP contribution in [0, 0.1) is 11.8 Å². The number of aliphatic hydroxyl groups is 1. The summed E-state index contributed by atoms with van der Waals surface area (Å²) in [5, 5.41) is 12.5. The maximum absolute atomic E-state index is 12.5. The van der Waals surface area contributed by atoms with Crippen molar-refractivity contribution < 1.29 is 5.11 Å². The Morgan fingerprint density at radius 3 is 2.54 bits per heavy atom. The van der Waals surface area contributed by atoms with Gasteiger partial charge in [-0.1, -0.05) is 30.3 Å². The lowest BCUT2D eigenvalue weighted by Gasteiger charge is -2.46. The highest BCUT2D eigenvalue weighted by Crippen LogP contribution is 2.55. The van der Waals surface area contributed by atoms with Gasteiger partial charge in [-0.05, 0) is 111 Å². The van der Waals surface area contributed by atoms with Crippen LogP contribution in [0.2, 0.25) is 0 Å². The fourth-order valence-electron chi connectivity index (χ4n) is 6.23. The zero-order chi connectivity index (χ0) is 17.7. The lowest BCUT2D eigenvalue weighted by atomic mass is 9.64. The average Bonchev–Trinajstić information content (AvgIpc) is 2.78. The van der Waals surface area contributed by atoms with Crippen molar-refractivity contribution in [1.82, 2.24) is 4.90 Å². The minimum Gasteiger partial charge on any atom is -0.380 e. The fourth-order valence-corrected chi connectivity index (χ4v) is 6.23. The van der Waals surface area contributed by atoms with E-state index in [1.165, 1.54) is 54.4 Å². The maximum atomic E-state index is 12.5. The van der Waals surface area contributed by atoms with E-state index in [-0.39, 0.29) is 0 Å². The predicted molar refractivity (Wildman–Crippen MR) is 107 cm³/mol. The third-order valence-corrected chi connectivity index (χ3v) is 7.53. The molecule has 3 aliphatic carbocycles. The van der Waals surface area contributed by atoms with E-state index in [0.29, 0.717) is 11.8 Å². The largest absolute Gasteiger partial charge is 0.380 e. The number of hydrogen-bond donors (Lipinski definition) is 1. The van der Waals surface area contributed by atoms with Crippen molar-refractivity contribution in [3.8, 4) is 0 Å². The molecule has 0 radical (unpaired) electrons. The molecular weight excluding hydrogens is 318 g/mol. The van der Waals surface area contributed by atoms with Gasteiger partial charge in [0, 0.05) is 0 Å². The Hall–Kier alpha value is -1.38. The molecule has 0 spiro atoms. The summed E-state index contributed by atoms with van der Waals surface area (Å²) in [6, 6.07) is 8.69. The Bertz CT molecular complexity index is 768. The standard InChI is InChI=1S/C24H31NO/c1-25-14-12-20(13-15-25)24(26)21-10-3-2-6-18(21)16-19-9-4-7-17-8-5-11-22(24)23(17)19/h2-3,6,10,16-17,20,26H,4-5,7-9,11-15H2,1H3. The molecule has 138 valence electrons. The Morgan fingerprint density at radius 2 is 1.73 bits per heavy atom. The molecule has 2 fully saturated rings. The molecule has 2 nitrogen and oxygen atoms in total. The Labute approximate surface area is 157 Å². The van der Waals surface area contributed by atoms with Gasteiger partial charge in [-0.3, -0.25) is 0 Å². The molecule has 2 atom stereocenters. The van der Waals surface area contributed by atoms with Crippen molar-refractivity contribution in [2.75, 3.05) is 20.1 Å². The van der Waals surface area contributed by atoms with Gasteiger partial charge in [0.1, 0.15) is 5.60 Å². The second kappa shape index (κ2) is 6.35.